The fourth-order valence-corrected chi connectivity index (χ4v) is 3.55. The molecule has 1 saturated carbocycles. The van der Waals surface area contributed by atoms with Crippen LogP contribution in [0, 0.1) is 11.8 Å². The van der Waals surface area contributed by atoms with Gasteiger partial charge in [0.1, 0.15) is 5.54 Å². The van der Waals surface area contributed by atoms with E-state index in [-0.39, 0.29) is 23.7 Å². The first-order valence-electron chi connectivity index (χ1n) is 7.09. The van der Waals surface area contributed by atoms with Crippen LogP contribution in [0.3, 0.4) is 0 Å². The summed E-state index contributed by atoms with van der Waals surface area (Å²) in [6.07, 6.45) is 5.62. The molecule has 1 aliphatic heterocycles. The predicted molar refractivity (Wildman–Crippen MR) is 77.4 cm³/mol. The van der Waals surface area contributed by atoms with Crippen molar-refractivity contribution in [1.29, 1.82) is 0 Å². The van der Waals surface area contributed by atoms with Crippen LogP contribution in [-0.2, 0) is 9.59 Å². The maximum Gasteiger partial charge on any atom is 0.233 e. The zero-order valence-electron chi connectivity index (χ0n) is 11.6. The lowest BCUT2D eigenvalue weighted by Gasteiger charge is -2.39. The van der Waals surface area contributed by atoms with Crippen LogP contribution >= 0.6 is 12.2 Å². The summed E-state index contributed by atoms with van der Waals surface area (Å²) in [5.41, 5.74) is 5.24. The second kappa shape index (κ2) is 5.19. The molecule has 0 aromatic carbocycles. The highest BCUT2D eigenvalue weighted by Crippen LogP contribution is 2.39. The Morgan fingerprint density at radius 1 is 1.11 bits per heavy atom. The first kappa shape index (κ1) is 14.4. The molecule has 19 heavy (non-hydrogen) atoms. The number of likely N-dealkylation sites (tertiary alicyclic amines) is 1. The predicted octanol–water partition coefficient (Wildman–Crippen LogP) is 2.01. The average Bonchev–Trinajstić information content (AvgIpc) is 2.58. The van der Waals surface area contributed by atoms with Crippen LogP contribution < -0.4 is 5.73 Å². The molecule has 5 heteroatoms. The Balaban J connectivity index is 2.41. The molecule has 2 aliphatic rings. The van der Waals surface area contributed by atoms with Crippen molar-refractivity contribution in [2.75, 3.05) is 0 Å². The van der Waals surface area contributed by atoms with Gasteiger partial charge in [-0.05, 0) is 12.8 Å². The molecule has 0 radical (unpaired) electrons. The minimum atomic E-state index is -0.709. The third kappa shape index (κ3) is 2.18. The molecule has 1 saturated heterocycles. The molecule has 2 atom stereocenters. The van der Waals surface area contributed by atoms with E-state index in [0.717, 1.165) is 38.5 Å². The van der Waals surface area contributed by atoms with Gasteiger partial charge in [-0.3, -0.25) is 14.5 Å². The molecular weight excluding hydrogens is 260 g/mol. The van der Waals surface area contributed by atoms with E-state index in [1.807, 2.05) is 13.8 Å². The lowest BCUT2D eigenvalue weighted by molar-refractivity contribution is -0.145. The monoisotopic (exact) mass is 282 g/mol. The summed E-state index contributed by atoms with van der Waals surface area (Å²) in [5, 5.41) is 0. The Labute approximate surface area is 119 Å². The highest BCUT2D eigenvalue weighted by Gasteiger charge is 2.53. The van der Waals surface area contributed by atoms with E-state index in [1.54, 1.807) is 0 Å². The van der Waals surface area contributed by atoms with Gasteiger partial charge in [-0.25, -0.2) is 0 Å². The van der Waals surface area contributed by atoms with Gasteiger partial charge in [0.05, 0.1) is 4.99 Å². The summed E-state index contributed by atoms with van der Waals surface area (Å²) < 4.78 is 0. The number of imide groups is 1. The zero-order valence-corrected chi connectivity index (χ0v) is 12.5. The molecule has 0 aromatic heterocycles. The van der Waals surface area contributed by atoms with Crippen molar-refractivity contribution in [3.63, 3.8) is 0 Å². The first-order chi connectivity index (χ1) is 8.92. The van der Waals surface area contributed by atoms with Crippen molar-refractivity contribution in [1.82, 2.24) is 4.90 Å². The van der Waals surface area contributed by atoms with Gasteiger partial charge in [0.2, 0.25) is 11.8 Å². The Morgan fingerprint density at radius 3 is 1.89 bits per heavy atom. The summed E-state index contributed by atoms with van der Waals surface area (Å²) >= 11 is 5.24. The van der Waals surface area contributed by atoms with Crippen LogP contribution in [0.2, 0.25) is 0 Å². The van der Waals surface area contributed by atoms with Gasteiger partial charge in [0, 0.05) is 11.8 Å². The van der Waals surface area contributed by atoms with E-state index in [4.69, 9.17) is 18.0 Å². The van der Waals surface area contributed by atoms with Crippen LogP contribution in [0.5, 0.6) is 0 Å². The summed E-state index contributed by atoms with van der Waals surface area (Å²) in [6.45, 7) is 3.63. The molecule has 106 valence electrons. The molecule has 4 nitrogen and oxygen atoms in total. The summed E-state index contributed by atoms with van der Waals surface area (Å²) in [4.78, 5) is 26.6. The molecule has 2 rings (SSSR count). The Kier molecular flexibility index (Phi) is 3.95. The fourth-order valence-electron chi connectivity index (χ4n) is 3.26. The van der Waals surface area contributed by atoms with Crippen LogP contribution in [0.25, 0.3) is 0 Å². The van der Waals surface area contributed by atoms with Crippen LogP contribution in [-0.4, -0.2) is 27.2 Å². The SMILES string of the molecule is CC1C(=O)N(C2(C(N)=S)CCCCCC2)C(=O)C1C. The van der Waals surface area contributed by atoms with Gasteiger partial charge in [-0.15, -0.1) is 0 Å². The maximum absolute atomic E-state index is 12.4. The Hall–Kier alpha value is -0.970. The quantitative estimate of drug-likeness (QED) is 0.478. The van der Waals surface area contributed by atoms with E-state index >= 15 is 0 Å². The molecule has 0 aromatic rings. The number of carbonyl (C=O) groups is 2. The third-order valence-corrected chi connectivity index (χ3v) is 5.17. The smallest absolute Gasteiger partial charge is 0.233 e. The average molecular weight is 282 g/mol. The van der Waals surface area contributed by atoms with E-state index in [0.29, 0.717) is 4.99 Å². The molecule has 1 aliphatic carbocycles. The van der Waals surface area contributed by atoms with Crippen LogP contribution in [0.1, 0.15) is 52.4 Å². The van der Waals surface area contributed by atoms with Gasteiger partial charge in [0.15, 0.2) is 0 Å². The normalized spacial score (nSPS) is 31.4. The molecule has 2 N–H and O–H groups in total. The summed E-state index contributed by atoms with van der Waals surface area (Å²) in [7, 11) is 0. The zero-order chi connectivity index (χ0) is 14.2. The topological polar surface area (TPSA) is 63.4 Å². The van der Waals surface area contributed by atoms with E-state index in [1.165, 1.54) is 4.90 Å². The van der Waals surface area contributed by atoms with Crippen molar-refractivity contribution in [2.24, 2.45) is 17.6 Å². The number of thiocarbonyl (C=S) groups is 1. The summed E-state index contributed by atoms with van der Waals surface area (Å²) in [5.74, 6) is -0.733. The van der Waals surface area contributed by atoms with Crippen molar-refractivity contribution in [3.05, 3.63) is 0 Å². The number of nitrogens with zero attached hydrogens (tertiary/aromatic N) is 1. The van der Waals surface area contributed by atoms with Crippen molar-refractivity contribution in [2.45, 2.75) is 57.9 Å². The first-order valence-corrected chi connectivity index (χ1v) is 7.50. The van der Waals surface area contributed by atoms with Gasteiger partial charge in [-0.2, -0.15) is 0 Å². The lowest BCUT2D eigenvalue weighted by atomic mass is 9.88. The second-order valence-corrected chi connectivity index (χ2v) is 6.34. The molecule has 2 amide bonds. The highest BCUT2D eigenvalue weighted by atomic mass is 32.1. The number of rotatable bonds is 2. The van der Waals surface area contributed by atoms with Crippen molar-refractivity contribution in [3.8, 4) is 0 Å². The Morgan fingerprint density at radius 2 is 1.53 bits per heavy atom. The van der Waals surface area contributed by atoms with Crippen LogP contribution in [0.4, 0.5) is 0 Å². The molecule has 0 bridgehead atoms. The Bertz CT molecular complexity index is 394. The minimum absolute atomic E-state index is 0.104. The number of amides is 2. The number of hydrogen-bond donors (Lipinski definition) is 1. The van der Waals surface area contributed by atoms with E-state index in [2.05, 4.69) is 0 Å². The van der Waals surface area contributed by atoms with Crippen LogP contribution in [0.15, 0.2) is 0 Å². The second-order valence-electron chi connectivity index (χ2n) is 5.90. The number of carbonyl (C=O) groups excluding carboxylic acids is 2. The van der Waals surface area contributed by atoms with Crippen molar-refractivity contribution < 1.29 is 9.59 Å². The van der Waals surface area contributed by atoms with Gasteiger partial charge >= 0.3 is 0 Å². The largest absolute Gasteiger partial charge is 0.391 e. The number of hydrogen-bond acceptors (Lipinski definition) is 3. The molecule has 1 heterocycles. The van der Waals surface area contributed by atoms with Gasteiger partial charge in [-0.1, -0.05) is 51.7 Å². The van der Waals surface area contributed by atoms with E-state index < -0.39 is 5.54 Å². The summed E-state index contributed by atoms with van der Waals surface area (Å²) in [6, 6.07) is 0. The third-order valence-electron chi connectivity index (χ3n) is 4.79. The van der Waals surface area contributed by atoms with E-state index in [9.17, 15) is 9.59 Å². The molecule has 0 spiro atoms. The molecule has 2 unspecified atom stereocenters. The van der Waals surface area contributed by atoms with Crippen molar-refractivity contribution >= 4 is 29.0 Å². The minimum Gasteiger partial charge on any atom is -0.391 e. The van der Waals surface area contributed by atoms with Gasteiger partial charge < -0.3 is 5.73 Å². The highest BCUT2D eigenvalue weighted by molar-refractivity contribution is 7.80. The standard InChI is InChI=1S/C14H22N2O2S/c1-9-10(2)12(18)16(11(9)17)14(13(15)19)7-5-3-4-6-8-14/h9-10H,3-8H2,1-2H3,(H2,15,19). The number of nitrogens with two attached hydrogens (primary N) is 1. The fraction of sp³-hybridized carbons (Fsp3) is 0.786. The van der Waals surface area contributed by atoms with Gasteiger partial charge in [0.25, 0.3) is 0 Å². The lowest BCUT2D eigenvalue weighted by Crippen LogP contribution is -2.59. The molecule has 2 fully saturated rings. The maximum atomic E-state index is 12.4. The molecular formula is C14H22N2O2S.